The fourth-order valence-electron chi connectivity index (χ4n) is 1.57. The second-order valence-corrected chi connectivity index (χ2v) is 4.36. The summed E-state index contributed by atoms with van der Waals surface area (Å²) in [6.45, 7) is 0. The summed E-state index contributed by atoms with van der Waals surface area (Å²) in [4.78, 5) is 0. The van der Waals surface area contributed by atoms with Gasteiger partial charge in [0.05, 0.1) is 0 Å². The van der Waals surface area contributed by atoms with Crippen molar-refractivity contribution in [3.8, 4) is 0 Å². The van der Waals surface area contributed by atoms with E-state index in [1.807, 2.05) is 17.8 Å². The third kappa shape index (κ3) is 1.58. The van der Waals surface area contributed by atoms with E-state index in [0.29, 0.717) is 11.7 Å². The molecule has 2 rings (SSSR count). The highest BCUT2D eigenvalue weighted by atomic mass is 32.2. The summed E-state index contributed by atoms with van der Waals surface area (Å²) in [5.74, 6) is 3.81. The molecule has 0 atom stereocenters. The number of aromatic nitrogens is 2. The molecule has 0 amide bonds. The summed E-state index contributed by atoms with van der Waals surface area (Å²) in [6, 6.07) is 1.96. The largest absolute Gasteiger partial charge is 0.382 e. The van der Waals surface area contributed by atoms with Gasteiger partial charge in [-0.3, -0.25) is 5.10 Å². The molecule has 0 radical (unpaired) electrons. The number of hydrogen-bond donors (Lipinski definition) is 2. The zero-order valence-corrected chi connectivity index (χ0v) is 7.73. The van der Waals surface area contributed by atoms with Gasteiger partial charge in [0, 0.05) is 17.7 Å². The van der Waals surface area contributed by atoms with E-state index in [1.165, 1.54) is 30.0 Å². The first-order valence-corrected chi connectivity index (χ1v) is 5.40. The summed E-state index contributed by atoms with van der Waals surface area (Å²) >= 11 is 2.03. The minimum atomic E-state index is 0.614. The van der Waals surface area contributed by atoms with Crippen molar-refractivity contribution < 1.29 is 0 Å². The van der Waals surface area contributed by atoms with Crippen LogP contribution in [-0.4, -0.2) is 21.7 Å². The zero-order valence-electron chi connectivity index (χ0n) is 6.92. The van der Waals surface area contributed by atoms with E-state index in [1.54, 1.807) is 0 Å². The third-order valence-electron chi connectivity index (χ3n) is 2.28. The van der Waals surface area contributed by atoms with Crippen molar-refractivity contribution in [1.82, 2.24) is 10.2 Å². The molecule has 3 nitrogen and oxygen atoms in total. The molecule has 66 valence electrons. The Balaban J connectivity index is 2.08. The first kappa shape index (κ1) is 7.98. The molecule has 1 aliphatic heterocycles. The minimum Gasteiger partial charge on any atom is -0.382 e. The van der Waals surface area contributed by atoms with Gasteiger partial charge in [0.1, 0.15) is 5.82 Å². The van der Waals surface area contributed by atoms with Crippen LogP contribution >= 0.6 is 11.8 Å². The molecular formula is C8H13N3S. The number of H-pyrrole nitrogens is 1. The molecule has 0 aromatic carbocycles. The smallest absolute Gasteiger partial charge is 0.145 e. The molecule has 1 aromatic rings. The maximum Gasteiger partial charge on any atom is 0.145 e. The van der Waals surface area contributed by atoms with E-state index in [2.05, 4.69) is 10.2 Å². The summed E-state index contributed by atoms with van der Waals surface area (Å²) in [5.41, 5.74) is 6.75. The van der Waals surface area contributed by atoms with Gasteiger partial charge in [0.15, 0.2) is 0 Å². The molecule has 4 heteroatoms. The first-order chi connectivity index (χ1) is 5.86. The predicted octanol–water partition coefficient (Wildman–Crippen LogP) is 1.60. The Hall–Kier alpha value is -0.640. The number of anilines is 1. The predicted molar refractivity (Wildman–Crippen MR) is 52.3 cm³/mol. The van der Waals surface area contributed by atoms with E-state index in [0.717, 1.165) is 0 Å². The van der Waals surface area contributed by atoms with E-state index < -0.39 is 0 Å². The molecule has 12 heavy (non-hydrogen) atoms. The Morgan fingerprint density at radius 1 is 1.50 bits per heavy atom. The number of aromatic amines is 1. The number of nitrogens with zero attached hydrogens (tertiary/aromatic N) is 1. The van der Waals surface area contributed by atoms with E-state index in [4.69, 9.17) is 5.73 Å². The molecule has 0 saturated carbocycles. The van der Waals surface area contributed by atoms with Crippen molar-refractivity contribution >= 4 is 17.6 Å². The summed E-state index contributed by atoms with van der Waals surface area (Å²) < 4.78 is 0. The van der Waals surface area contributed by atoms with E-state index in [-0.39, 0.29) is 0 Å². The second kappa shape index (κ2) is 3.39. The molecular weight excluding hydrogens is 170 g/mol. The SMILES string of the molecule is Nc1cc(C2CCSCC2)[nH]n1. The normalized spacial score (nSPS) is 19.7. The first-order valence-electron chi connectivity index (χ1n) is 4.25. The lowest BCUT2D eigenvalue weighted by Gasteiger charge is -2.19. The highest BCUT2D eigenvalue weighted by molar-refractivity contribution is 7.99. The summed E-state index contributed by atoms with van der Waals surface area (Å²) in [5, 5.41) is 6.93. The van der Waals surface area contributed by atoms with Crippen molar-refractivity contribution in [2.24, 2.45) is 0 Å². The Morgan fingerprint density at radius 3 is 2.83 bits per heavy atom. The molecule has 0 unspecified atom stereocenters. The van der Waals surface area contributed by atoms with Gasteiger partial charge in [-0.15, -0.1) is 0 Å². The van der Waals surface area contributed by atoms with Gasteiger partial charge in [-0.2, -0.15) is 16.9 Å². The Morgan fingerprint density at radius 2 is 2.25 bits per heavy atom. The molecule has 2 heterocycles. The standard InChI is InChI=1S/C8H13N3S/c9-8-5-7(10-11-8)6-1-3-12-4-2-6/h5-6H,1-4H2,(H3,9,10,11). The van der Waals surface area contributed by atoms with Gasteiger partial charge in [-0.05, 0) is 24.3 Å². The highest BCUT2D eigenvalue weighted by Crippen LogP contribution is 2.30. The van der Waals surface area contributed by atoms with Gasteiger partial charge >= 0.3 is 0 Å². The lowest BCUT2D eigenvalue weighted by molar-refractivity contribution is 0.617. The van der Waals surface area contributed by atoms with Crippen molar-refractivity contribution in [2.45, 2.75) is 18.8 Å². The van der Waals surface area contributed by atoms with Gasteiger partial charge in [0.2, 0.25) is 0 Å². The summed E-state index contributed by atoms with van der Waals surface area (Å²) in [6.07, 6.45) is 2.51. The molecule has 1 saturated heterocycles. The molecule has 0 spiro atoms. The van der Waals surface area contributed by atoms with Crippen LogP contribution in [0.2, 0.25) is 0 Å². The highest BCUT2D eigenvalue weighted by Gasteiger charge is 2.17. The van der Waals surface area contributed by atoms with Crippen LogP contribution in [0.25, 0.3) is 0 Å². The van der Waals surface area contributed by atoms with Gasteiger partial charge in [0.25, 0.3) is 0 Å². The van der Waals surface area contributed by atoms with Gasteiger partial charge < -0.3 is 5.73 Å². The lowest BCUT2D eigenvalue weighted by Crippen LogP contribution is -2.07. The maximum absolute atomic E-state index is 5.54. The van der Waals surface area contributed by atoms with E-state index >= 15 is 0 Å². The average molecular weight is 183 g/mol. The van der Waals surface area contributed by atoms with Crippen molar-refractivity contribution in [3.63, 3.8) is 0 Å². The van der Waals surface area contributed by atoms with Crippen LogP contribution in [0.3, 0.4) is 0 Å². The van der Waals surface area contributed by atoms with Crippen LogP contribution in [0.1, 0.15) is 24.5 Å². The van der Waals surface area contributed by atoms with Crippen molar-refractivity contribution in [3.05, 3.63) is 11.8 Å². The van der Waals surface area contributed by atoms with Crippen LogP contribution in [0.15, 0.2) is 6.07 Å². The van der Waals surface area contributed by atoms with Gasteiger partial charge in [-0.1, -0.05) is 0 Å². The topological polar surface area (TPSA) is 54.7 Å². The number of hydrogen-bond acceptors (Lipinski definition) is 3. The van der Waals surface area contributed by atoms with Crippen LogP contribution in [-0.2, 0) is 0 Å². The van der Waals surface area contributed by atoms with Crippen molar-refractivity contribution in [1.29, 1.82) is 0 Å². The van der Waals surface area contributed by atoms with Crippen molar-refractivity contribution in [2.75, 3.05) is 17.2 Å². The Bertz CT molecular complexity index is 253. The Kier molecular flexibility index (Phi) is 2.26. The fraction of sp³-hybridized carbons (Fsp3) is 0.625. The number of thioether (sulfide) groups is 1. The summed E-state index contributed by atoms with van der Waals surface area (Å²) in [7, 11) is 0. The zero-order chi connectivity index (χ0) is 8.39. The van der Waals surface area contributed by atoms with Crippen LogP contribution in [0.5, 0.6) is 0 Å². The number of rotatable bonds is 1. The van der Waals surface area contributed by atoms with Gasteiger partial charge in [-0.25, -0.2) is 0 Å². The van der Waals surface area contributed by atoms with Crippen LogP contribution in [0, 0.1) is 0 Å². The lowest BCUT2D eigenvalue weighted by atomic mass is 9.99. The average Bonchev–Trinajstić information content (AvgIpc) is 2.54. The molecule has 1 aliphatic rings. The fourth-order valence-corrected chi connectivity index (χ4v) is 2.68. The number of nitrogens with one attached hydrogen (secondary N) is 1. The number of nitrogens with two attached hydrogens (primary N) is 1. The monoisotopic (exact) mass is 183 g/mol. The molecule has 0 bridgehead atoms. The number of nitrogen functional groups attached to an aromatic ring is 1. The Labute approximate surface area is 76.1 Å². The quantitative estimate of drug-likeness (QED) is 0.695. The molecule has 3 N–H and O–H groups in total. The molecule has 1 aromatic heterocycles. The van der Waals surface area contributed by atoms with E-state index in [9.17, 15) is 0 Å². The third-order valence-corrected chi connectivity index (χ3v) is 3.33. The maximum atomic E-state index is 5.54. The molecule has 1 fully saturated rings. The minimum absolute atomic E-state index is 0.614. The second-order valence-electron chi connectivity index (χ2n) is 3.13. The van der Waals surface area contributed by atoms with Crippen LogP contribution < -0.4 is 5.73 Å². The molecule has 0 aliphatic carbocycles. The van der Waals surface area contributed by atoms with Crippen LogP contribution in [0.4, 0.5) is 5.82 Å².